The number of H-pyrrole nitrogens is 1. The van der Waals surface area contributed by atoms with Crippen LogP contribution in [0.4, 0.5) is 0 Å². The van der Waals surface area contributed by atoms with Crippen molar-refractivity contribution in [3.8, 4) is 0 Å². The van der Waals surface area contributed by atoms with E-state index in [-0.39, 0.29) is 11.4 Å². The Morgan fingerprint density at radius 2 is 2.32 bits per heavy atom. The van der Waals surface area contributed by atoms with Crippen LogP contribution in [0.25, 0.3) is 0 Å². The van der Waals surface area contributed by atoms with Gasteiger partial charge in [0.2, 0.25) is 10.0 Å². The van der Waals surface area contributed by atoms with Gasteiger partial charge in [0.05, 0.1) is 11.5 Å². The SMILES string of the molecule is C=CCN(CCOC)S(=O)(=O)c1c[nH]c(CNC)c1. The molecular formula is C12H21N3O3S. The van der Waals surface area contributed by atoms with Crippen LogP contribution in [0.1, 0.15) is 5.69 Å². The molecule has 0 aliphatic carbocycles. The average molecular weight is 287 g/mol. The van der Waals surface area contributed by atoms with Crippen LogP contribution in [-0.2, 0) is 21.3 Å². The largest absolute Gasteiger partial charge is 0.383 e. The van der Waals surface area contributed by atoms with E-state index >= 15 is 0 Å². The molecule has 0 spiro atoms. The van der Waals surface area contributed by atoms with E-state index in [9.17, 15) is 8.42 Å². The van der Waals surface area contributed by atoms with Gasteiger partial charge in [0.25, 0.3) is 0 Å². The van der Waals surface area contributed by atoms with Gasteiger partial charge < -0.3 is 15.0 Å². The maximum atomic E-state index is 12.4. The molecule has 19 heavy (non-hydrogen) atoms. The summed E-state index contributed by atoms with van der Waals surface area (Å²) >= 11 is 0. The van der Waals surface area contributed by atoms with Gasteiger partial charge in [-0.25, -0.2) is 8.42 Å². The van der Waals surface area contributed by atoms with E-state index in [4.69, 9.17) is 4.74 Å². The van der Waals surface area contributed by atoms with Gasteiger partial charge >= 0.3 is 0 Å². The quantitative estimate of drug-likeness (QED) is 0.651. The molecule has 6 nitrogen and oxygen atoms in total. The molecule has 1 heterocycles. The van der Waals surface area contributed by atoms with Crippen LogP contribution in [-0.4, -0.2) is 51.6 Å². The van der Waals surface area contributed by atoms with Crippen LogP contribution < -0.4 is 5.32 Å². The van der Waals surface area contributed by atoms with Crippen molar-refractivity contribution in [3.63, 3.8) is 0 Å². The third-order valence-electron chi connectivity index (χ3n) is 2.60. The summed E-state index contributed by atoms with van der Waals surface area (Å²) in [6.45, 7) is 5.09. The lowest BCUT2D eigenvalue weighted by Gasteiger charge is -2.19. The predicted molar refractivity (Wildman–Crippen MR) is 74.4 cm³/mol. The zero-order valence-electron chi connectivity index (χ0n) is 11.3. The number of methoxy groups -OCH3 is 1. The van der Waals surface area contributed by atoms with E-state index in [0.29, 0.717) is 19.7 Å². The van der Waals surface area contributed by atoms with Gasteiger partial charge in [-0.3, -0.25) is 0 Å². The molecular weight excluding hydrogens is 266 g/mol. The van der Waals surface area contributed by atoms with Crippen LogP contribution >= 0.6 is 0 Å². The summed E-state index contributed by atoms with van der Waals surface area (Å²) in [5, 5.41) is 2.96. The van der Waals surface area contributed by atoms with E-state index in [1.165, 1.54) is 10.5 Å². The molecule has 2 N–H and O–H groups in total. The van der Waals surface area contributed by atoms with Crippen molar-refractivity contribution in [2.24, 2.45) is 0 Å². The molecule has 0 saturated carbocycles. The van der Waals surface area contributed by atoms with Gasteiger partial charge in [-0.15, -0.1) is 6.58 Å². The van der Waals surface area contributed by atoms with Crippen molar-refractivity contribution in [2.45, 2.75) is 11.4 Å². The molecule has 0 bridgehead atoms. The monoisotopic (exact) mass is 287 g/mol. The highest BCUT2D eigenvalue weighted by Crippen LogP contribution is 2.16. The number of ether oxygens (including phenoxy) is 1. The van der Waals surface area contributed by atoms with Gasteiger partial charge in [0.15, 0.2) is 0 Å². The fourth-order valence-electron chi connectivity index (χ4n) is 1.66. The number of rotatable bonds is 9. The molecule has 0 aliphatic heterocycles. The maximum absolute atomic E-state index is 12.4. The third-order valence-corrected chi connectivity index (χ3v) is 4.44. The smallest absolute Gasteiger partial charge is 0.244 e. The van der Waals surface area contributed by atoms with E-state index in [1.807, 2.05) is 0 Å². The van der Waals surface area contributed by atoms with Crippen molar-refractivity contribution in [1.82, 2.24) is 14.6 Å². The predicted octanol–water partition coefficient (Wildman–Crippen LogP) is 0.557. The van der Waals surface area contributed by atoms with E-state index < -0.39 is 10.0 Å². The minimum absolute atomic E-state index is 0.260. The first-order valence-corrected chi connectivity index (χ1v) is 7.42. The molecule has 0 fully saturated rings. The van der Waals surface area contributed by atoms with Gasteiger partial charge in [0.1, 0.15) is 0 Å². The van der Waals surface area contributed by atoms with Gasteiger partial charge in [0, 0.05) is 38.6 Å². The second kappa shape index (κ2) is 7.44. The molecule has 1 rings (SSSR count). The maximum Gasteiger partial charge on any atom is 0.244 e. The summed E-state index contributed by atoms with van der Waals surface area (Å²) in [6.07, 6.45) is 3.07. The molecule has 0 amide bonds. The highest BCUT2D eigenvalue weighted by atomic mass is 32.2. The number of hydrogen-bond donors (Lipinski definition) is 2. The number of hydrogen-bond acceptors (Lipinski definition) is 4. The van der Waals surface area contributed by atoms with Crippen LogP contribution in [0, 0.1) is 0 Å². The molecule has 0 saturated heterocycles. The fourth-order valence-corrected chi connectivity index (χ4v) is 3.07. The molecule has 7 heteroatoms. The topological polar surface area (TPSA) is 74.4 Å². The molecule has 0 aromatic carbocycles. The van der Waals surface area contributed by atoms with E-state index in [1.54, 1.807) is 26.3 Å². The van der Waals surface area contributed by atoms with Crippen molar-refractivity contribution < 1.29 is 13.2 Å². The molecule has 108 valence electrons. The van der Waals surface area contributed by atoms with Gasteiger partial charge in [-0.2, -0.15) is 4.31 Å². The molecule has 1 aromatic rings. The van der Waals surface area contributed by atoms with Gasteiger partial charge in [-0.05, 0) is 13.1 Å². The Bertz CT molecular complexity index is 496. The lowest BCUT2D eigenvalue weighted by Crippen LogP contribution is -2.33. The molecule has 0 aliphatic rings. The Balaban J connectivity index is 2.93. The van der Waals surface area contributed by atoms with Crippen LogP contribution in [0.15, 0.2) is 29.8 Å². The standard InChI is InChI=1S/C12H21N3O3S/c1-4-5-15(6-7-18-3)19(16,17)12-8-11(9-13-2)14-10-12/h4,8,10,13-14H,1,5-7,9H2,2-3H3. The Kier molecular flexibility index (Phi) is 6.23. The summed E-state index contributed by atoms with van der Waals surface area (Å²) in [4.78, 5) is 3.20. The first-order chi connectivity index (χ1) is 9.06. The van der Waals surface area contributed by atoms with E-state index in [2.05, 4.69) is 16.9 Å². The number of aromatic nitrogens is 1. The molecule has 0 atom stereocenters. The highest BCUT2D eigenvalue weighted by molar-refractivity contribution is 7.89. The first kappa shape index (κ1) is 15.9. The fraction of sp³-hybridized carbons (Fsp3) is 0.500. The zero-order valence-corrected chi connectivity index (χ0v) is 12.2. The summed E-state index contributed by atoms with van der Waals surface area (Å²) < 4.78 is 31.1. The van der Waals surface area contributed by atoms with Crippen molar-refractivity contribution in [1.29, 1.82) is 0 Å². The Morgan fingerprint density at radius 3 is 2.89 bits per heavy atom. The van der Waals surface area contributed by atoms with E-state index in [0.717, 1.165) is 5.69 Å². The lowest BCUT2D eigenvalue weighted by molar-refractivity contribution is 0.182. The zero-order chi connectivity index (χ0) is 14.3. The third kappa shape index (κ3) is 4.17. The molecule has 0 unspecified atom stereocenters. The van der Waals surface area contributed by atoms with Crippen molar-refractivity contribution in [2.75, 3.05) is 33.9 Å². The normalized spacial score (nSPS) is 11.9. The average Bonchev–Trinajstić information content (AvgIpc) is 2.84. The minimum Gasteiger partial charge on any atom is -0.383 e. The molecule has 1 aromatic heterocycles. The Morgan fingerprint density at radius 1 is 1.58 bits per heavy atom. The van der Waals surface area contributed by atoms with Crippen LogP contribution in [0.5, 0.6) is 0 Å². The lowest BCUT2D eigenvalue weighted by atomic mass is 10.4. The first-order valence-electron chi connectivity index (χ1n) is 5.98. The summed E-state index contributed by atoms with van der Waals surface area (Å²) in [5.41, 5.74) is 0.825. The number of nitrogens with one attached hydrogen (secondary N) is 2. The number of sulfonamides is 1. The second-order valence-electron chi connectivity index (χ2n) is 4.04. The minimum atomic E-state index is -3.51. The van der Waals surface area contributed by atoms with Crippen molar-refractivity contribution >= 4 is 10.0 Å². The Labute approximate surface area is 114 Å². The van der Waals surface area contributed by atoms with Crippen molar-refractivity contribution in [3.05, 3.63) is 30.6 Å². The second-order valence-corrected chi connectivity index (χ2v) is 5.97. The summed E-state index contributed by atoms with van der Waals surface area (Å²) in [7, 11) is -0.165. The van der Waals surface area contributed by atoms with Crippen LogP contribution in [0.2, 0.25) is 0 Å². The number of aromatic amines is 1. The highest BCUT2D eigenvalue weighted by Gasteiger charge is 2.24. The van der Waals surface area contributed by atoms with Gasteiger partial charge in [-0.1, -0.05) is 6.08 Å². The summed E-state index contributed by atoms with van der Waals surface area (Å²) in [6, 6.07) is 1.63. The van der Waals surface area contributed by atoms with Crippen LogP contribution in [0.3, 0.4) is 0 Å². The number of nitrogens with zero attached hydrogens (tertiary/aromatic N) is 1. The molecule has 0 radical (unpaired) electrons. The Hall–Kier alpha value is -1.15. The summed E-state index contributed by atoms with van der Waals surface area (Å²) in [5.74, 6) is 0.